The van der Waals surface area contributed by atoms with Crippen LogP contribution in [0.15, 0.2) is 72.8 Å². The zero-order valence-corrected chi connectivity index (χ0v) is 21.0. The molecule has 0 radical (unpaired) electrons. The van der Waals surface area contributed by atoms with Crippen LogP contribution in [0, 0.1) is 11.8 Å². The predicted octanol–water partition coefficient (Wildman–Crippen LogP) is 5.68. The Hall–Kier alpha value is -2.93. The van der Waals surface area contributed by atoms with E-state index in [0.717, 1.165) is 35.3 Å². The molecule has 1 aliphatic heterocycles. The number of allylic oxidation sites excluding steroid dienone is 3. The Morgan fingerprint density at radius 2 is 1.57 bits per heavy atom. The second-order valence-electron chi connectivity index (χ2n) is 8.76. The highest BCUT2D eigenvalue weighted by Gasteiger charge is 2.39. The number of rotatable bonds is 12. The van der Waals surface area contributed by atoms with E-state index >= 15 is 0 Å². The number of aldehydes is 1. The first-order valence-electron chi connectivity index (χ1n) is 12.0. The molecule has 0 amide bonds. The lowest BCUT2D eigenvalue weighted by Gasteiger charge is -2.43. The summed E-state index contributed by atoms with van der Waals surface area (Å²) in [6, 6.07) is 15.7. The van der Waals surface area contributed by atoms with E-state index in [-0.39, 0.29) is 24.0 Å². The topological polar surface area (TPSA) is 63.2 Å². The standard InChI is InChI=1S/C29H36O6/c1-21(19-33-20-23-10-14-25(31-3)15-11-23)28-22(2)27(9-7-5-6-8-18-30)34-29(35-28)24-12-16-26(32-4)17-13-24/h5-8,10-18,21-22,27-29H,9,19-20H2,1-4H3/b7-5+,8-6+/t21-,22-,27-,28-,29+/m1/s1. The van der Waals surface area contributed by atoms with E-state index in [0.29, 0.717) is 13.2 Å². The summed E-state index contributed by atoms with van der Waals surface area (Å²) in [5.74, 6) is 1.94. The molecule has 1 saturated heterocycles. The van der Waals surface area contributed by atoms with Gasteiger partial charge in [0.15, 0.2) is 6.29 Å². The summed E-state index contributed by atoms with van der Waals surface area (Å²) in [7, 11) is 3.31. The molecule has 0 bridgehead atoms. The minimum Gasteiger partial charge on any atom is -0.497 e. The second-order valence-corrected chi connectivity index (χ2v) is 8.76. The maximum atomic E-state index is 10.5. The van der Waals surface area contributed by atoms with Crippen molar-refractivity contribution in [2.75, 3.05) is 20.8 Å². The lowest BCUT2D eigenvalue weighted by atomic mass is 9.86. The summed E-state index contributed by atoms with van der Waals surface area (Å²) in [6.07, 6.45) is 8.02. The molecular formula is C29H36O6. The van der Waals surface area contributed by atoms with Crippen LogP contribution in [0.4, 0.5) is 0 Å². The molecule has 1 aliphatic rings. The van der Waals surface area contributed by atoms with E-state index in [1.165, 1.54) is 6.08 Å². The summed E-state index contributed by atoms with van der Waals surface area (Å²) >= 11 is 0. The fraction of sp³-hybridized carbons (Fsp3) is 0.414. The van der Waals surface area contributed by atoms with E-state index in [1.807, 2.05) is 60.7 Å². The van der Waals surface area contributed by atoms with Gasteiger partial charge in [0, 0.05) is 17.4 Å². The third kappa shape index (κ3) is 7.79. The van der Waals surface area contributed by atoms with Crippen LogP contribution in [0.25, 0.3) is 0 Å². The Kier molecular flexibility index (Phi) is 10.5. The van der Waals surface area contributed by atoms with Crippen molar-refractivity contribution in [1.82, 2.24) is 0 Å². The van der Waals surface area contributed by atoms with Gasteiger partial charge in [-0.25, -0.2) is 0 Å². The number of hydrogen-bond acceptors (Lipinski definition) is 6. The average molecular weight is 481 g/mol. The first-order valence-corrected chi connectivity index (χ1v) is 12.0. The Balaban J connectivity index is 1.67. The maximum Gasteiger partial charge on any atom is 0.184 e. The van der Waals surface area contributed by atoms with E-state index < -0.39 is 6.29 Å². The summed E-state index contributed by atoms with van der Waals surface area (Å²) in [5, 5.41) is 0. The van der Waals surface area contributed by atoms with Crippen LogP contribution in [-0.2, 0) is 25.6 Å². The molecule has 1 fully saturated rings. The zero-order chi connectivity index (χ0) is 25.0. The van der Waals surface area contributed by atoms with Crippen molar-refractivity contribution in [2.45, 2.75) is 45.4 Å². The van der Waals surface area contributed by atoms with E-state index in [4.69, 9.17) is 23.7 Å². The molecule has 2 aromatic rings. The van der Waals surface area contributed by atoms with Crippen molar-refractivity contribution < 1.29 is 28.5 Å². The van der Waals surface area contributed by atoms with Gasteiger partial charge < -0.3 is 23.7 Å². The quantitative estimate of drug-likeness (QED) is 0.221. The Bertz CT molecular complexity index is 950. The number of carbonyl (C=O) groups excluding carboxylic acids is 1. The Labute approximate surface area is 208 Å². The van der Waals surface area contributed by atoms with Crippen LogP contribution >= 0.6 is 0 Å². The van der Waals surface area contributed by atoms with Gasteiger partial charge in [-0.15, -0.1) is 0 Å². The molecule has 0 unspecified atom stereocenters. The van der Waals surface area contributed by atoms with Crippen molar-refractivity contribution in [3.8, 4) is 11.5 Å². The molecule has 6 heteroatoms. The number of benzene rings is 2. The number of methoxy groups -OCH3 is 2. The summed E-state index contributed by atoms with van der Waals surface area (Å²) in [5.41, 5.74) is 2.05. The highest BCUT2D eigenvalue weighted by molar-refractivity contribution is 5.65. The molecule has 0 spiro atoms. The monoisotopic (exact) mass is 480 g/mol. The first kappa shape index (κ1) is 26.7. The van der Waals surface area contributed by atoms with Gasteiger partial charge in [-0.05, 0) is 42.3 Å². The molecule has 0 aliphatic carbocycles. The first-order chi connectivity index (χ1) is 17.0. The van der Waals surface area contributed by atoms with Crippen molar-refractivity contribution in [1.29, 1.82) is 0 Å². The molecular weight excluding hydrogens is 444 g/mol. The molecule has 3 rings (SSSR count). The minimum absolute atomic E-state index is 0.0363. The smallest absolute Gasteiger partial charge is 0.184 e. The van der Waals surface area contributed by atoms with Gasteiger partial charge in [0.25, 0.3) is 0 Å². The second kappa shape index (κ2) is 13.8. The van der Waals surface area contributed by atoms with E-state index in [1.54, 1.807) is 20.3 Å². The third-order valence-electron chi connectivity index (χ3n) is 6.25. The van der Waals surface area contributed by atoms with Gasteiger partial charge >= 0.3 is 0 Å². The van der Waals surface area contributed by atoms with Crippen molar-refractivity contribution in [3.05, 3.63) is 84.0 Å². The van der Waals surface area contributed by atoms with Crippen LogP contribution < -0.4 is 9.47 Å². The summed E-state index contributed by atoms with van der Waals surface area (Å²) in [4.78, 5) is 10.5. The highest BCUT2D eigenvalue weighted by Crippen LogP contribution is 2.38. The van der Waals surface area contributed by atoms with Gasteiger partial charge in [0.05, 0.1) is 39.6 Å². The molecule has 6 nitrogen and oxygen atoms in total. The van der Waals surface area contributed by atoms with Crippen LogP contribution in [-0.4, -0.2) is 39.3 Å². The van der Waals surface area contributed by atoms with Crippen molar-refractivity contribution in [3.63, 3.8) is 0 Å². The lowest BCUT2D eigenvalue weighted by molar-refractivity contribution is -0.282. The molecule has 35 heavy (non-hydrogen) atoms. The van der Waals surface area contributed by atoms with Gasteiger partial charge in [0.2, 0.25) is 0 Å². The van der Waals surface area contributed by atoms with E-state index in [9.17, 15) is 4.79 Å². The molecule has 1 heterocycles. The molecule has 2 aromatic carbocycles. The Morgan fingerprint density at radius 3 is 2.20 bits per heavy atom. The van der Waals surface area contributed by atoms with Crippen molar-refractivity contribution in [2.24, 2.45) is 11.8 Å². The highest BCUT2D eigenvalue weighted by atomic mass is 16.7. The van der Waals surface area contributed by atoms with Crippen molar-refractivity contribution >= 4 is 6.29 Å². The summed E-state index contributed by atoms with van der Waals surface area (Å²) < 4.78 is 29.4. The van der Waals surface area contributed by atoms with Crippen LogP contribution in [0.5, 0.6) is 11.5 Å². The minimum atomic E-state index is -0.477. The summed E-state index contributed by atoms with van der Waals surface area (Å²) in [6.45, 7) is 5.42. The average Bonchev–Trinajstić information content (AvgIpc) is 2.89. The fourth-order valence-electron chi connectivity index (χ4n) is 4.21. The van der Waals surface area contributed by atoms with Gasteiger partial charge in [0.1, 0.15) is 17.8 Å². The van der Waals surface area contributed by atoms with Gasteiger partial charge in [-0.2, -0.15) is 0 Å². The molecule has 0 aromatic heterocycles. The SMILES string of the molecule is COc1ccc(COC[C@@H](C)[C@H]2O[C@@H](c3ccc(OC)cc3)O[C@H](C/C=C/C=C/C=O)[C@H]2C)cc1. The largest absolute Gasteiger partial charge is 0.497 e. The predicted molar refractivity (Wildman–Crippen MR) is 135 cm³/mol. The third-order valence-corrected chi connectivity index (χ3v) is 6.25. The fourth-order valence-corrected chi connectivity index (χ4v) is 4.21. The van der Waals surface area contributed by atoms with Gasteiger partial charge in [-0.1, -0.05) is 56.3 Å². The molecule has 0 saturated carbocycles. The maximum absolute atomic E-state index is 10.5. The number of carbonyl (C=O) groups is 1. The molecule has 5 atom stereocenters. The van der Waals surface area contributed by atoms with Crippen LogP contribution in [0.1, 0.15) is 37.7 Å². The number of hydrogen-bond donors (Lipinski definition) is 0. The number of ether oxygens (including phenoxy) is 5. The molecule has 188 valence electrons. The van der Waals surface area contributed by atoms with Crippen LogP contribution in [0.2, 0.25) is 0 Å². The normalized spacial score (nSPS) is 23.4. The Morgan fingerprint density at radius 1 is 0.914 bits per heavy atom. The molecule has 0 N–H and O–H groups in total. The van der Waals surface area contributed by atoms with Gasteiger partial charge in [-0.3, -0.25) is 4.79 Å². The lowest BCUT2D eigenvalue weighted by Crippen LogP contribution is -2.45. The van der Waals surface area contributed by atoms with Crippen LogP contribution in [0.3, 0.4) is 0 Å². The zero-order valence-electron chi connectivity index (χ0n) is 21.0. The van der Waals surface area contributed by atoms with E-state index in [2.05, 4.69) is 13.8 Å².